The minimum atomic E-state index is -3.59. The molecule has 1 aromatic rings. The van der Waals surface area contributed by atoms with Crippen LogP contribution in [0.15, 0.2) is 23.1 Å². The van der Waals surface area contributed by atoms with E-state index in [4.69, 9.17) is 5.73 Å². The van der Waals surface area contributed by atoms with Crippen molar-refractivity contribution in [3.63, 3.8) is 0 Å². The van der Waals surface area contributed by atoms with Gasteiger partial charge in [0, 0.05) is 18.8 Å². The fourth-order valence-corrected chi connectivity index (χ4v) is 4.27. The van der Waals surface area contributed by atoms with Crippen LogP contribution in [0.5, 0.6) is 0 Å². The molecule has 0 saturated carbocycles. The van der Waals surface area contributed by atoms with Crippen LogP contribution in [0.3, 0.4) is 0 Å². The molecule has 8 heteroatoms. The van der Waals surface area contributed by atoms with Crippen LogP contribution < -0.4 is 11.1 Å². The Morgan fingerprint density at radius 2 is 1.80 bits per heavy atom. The number of nitrogens with zero attached hydrogens (tertiary/aromatic N) is 1. The molecule has 3 N–H and O–H groups in total. The van der Waals surface area contributed by atoms with Crippen LogP contribution in [0.2, 0.25) is 0 Å². The van der Waals surface area contributed by atoms with Gasteiger partial charge in [0.25, 0.3) is 0 Å². The third-order valence-electron chi connectivity index (χ3n) is 4.06. The maximum absolute atomic E-state index is 12.7. The van der Waals surface area contributed by atoms with Gasteiger partial charge >= 0.3 is 0 Å². The summed E-state index contributed by atoms with van der Waals surface area (Å²) < 4.78 is 26.9. The van der Waals surface area contributed by atoms with Crippen molar-refractivity contribution in [3.05, 3.63) is 23.8 Å². The van der Waals surface area contributed by atoms with Gasteiger partial charge in [-0.1, -0.05) is 33.3 Å². The van der Waals surface area contributed by atoms with Gasteiger partial charge < -0.3 is 11.1 Å². The minimum Gasteiger partial charge on any atom is -0.324 e. The lowest BCUT2D eigenvalue weighted by atomic mass is 9.96. The predicted octanol–water partition coefficient (Wildman–Crippen LogP) is 2.90. The molecule has 1 rings (SSSR count). The van der Waals surface area contributed by atoms with Crippen LogP contribution in [0.4, 0.5) is 5.69 Å². The number of nitrogens with two attached hydrogens (primary N) is 1. The number of rotatable bonds is 8. The number of carbonyl (C=O) groups is 1. The van der Waals surface area contributed by atoms with Gasteiger partial charge in [0.2, 0.25) is 15.9 Å². The summed E-state index contributed by atoms with van der Waals surface area (Å²) in [6, 6.07) is 4.89. The van der Waals surface area contributed by atoms with Crippen LogP contribution in [-0.2, 0) is 14.8 Å². The van der Waals surface area contributed by atoms with E-state index < -0.39 is 15.6 Å². The van der Waals surface area contributed by atoms with E-state index in [-0.39, 0.29) is 23.2 Å². The van der Waals surface area contributed by atoms with Crippen LogP contribution in [0.1, 0.15) is 46.1 Å². The molecule has 0 aliphatic rings. The number of anilines is 1. The number of nitrogens with one attached hydrogen (secondary N) is 1. The highest BCUT2D eigenvalue weighted by Crippen LogP contribution is 2.24. The van der Waals surface area contributed by atoms with Crippen molar-refractivity contribution < 1.29 is 13.2 Å². The van der Waals surface area contributed by atoms with Gasteiger partial charge in [0.05, 0.1) is 10.4 Å². The van der Waals surface area contributed by atoms with E-state index in [1.807, 2.05) is 6.92 Å². The second-order valence-corrected chi connectivity index (χ2v) is 8.10. The monoisotopic (exact) mass is 391 g/mol. The Labute approximate surface area is 157 Å². The number of carbonyl (C=O) groups excluding carboxylic acids is 1. The van der Waals surface area contributed by atoms with Gasteiger partial charge in [-0.05, 0) is 38.0 Å². The standard InChI is InChI=1S/C17H29N3O3S.ClH/c1-6-11-17(5,18)16(21)19-14-10-9-13(4)15(12-14)24(22,23)20(7-2)8-3;/h9-10,12H,6-8,11,18H2,1-5H3,(H,19,21);1H. The van der Waals surface area contributed by atoms with Crippen molar-refractivity contribution in [2.75, 3.05) is 18.4 Å². The van der Waals surface area contributed by atoms with Gasteiger partial charge in [-0.25, -0.2) is 8.42 Å². The zero-order chi connectivity index (χ0) is 18.5. The van der Waals surface area contributed by atoms with Crippen molar-refractivity contribution in [2.45, 2.75) is 57.9 Å². The molecule has 0 radical (unpaired) electrons. The first kappa shape index (κ1) is 23.9. The molecule has 0 aliphatic heterocycles. The molecule has 0 spiro atoms. The maximum atomic E-state index is 12.7. The topological polar surface area (TPSA) is 92.5 Å². The highest BCUT2D eigenvalue weighted by molar-refractivity contribution is 7.89. The summed E-state index contributed by atoms with van der Waals surface area (Å²) in [4.78, 5) is 12.5. The molecule has 1 atom stereocenters. The van der Waals surface area contributed by atoms with E-state index in [0.717, 1.165) is 6.42 Å². The van der Waals surface area contributed by atoms with E-state index in [9.17, 15) is 13.2 Å². The van der Waals surface area contributed by atoms with Gasteiger partial charge in [-0.15, -0.1) is 12.4 Å². The molecule has 1 amide bonds. The number of hydrogen-bond donors (Lipinski definition) is 2. The van der Waals surface area contributed by atoms with Crippen LogP contribution >= 0.6 is 12.4 Å². The van der Waals surface area contributed by atoms with E-state index in [0.29, 0.717) is 30.8 Å². The fraction of sp³-hybridized carbons (Fsp3) is 0.588. The predicted molar refractivity (Wildman–Crippen MR) is 105 cm³/mol. The van der Waals surface area contributed by atoms with Gasteiger partial charge in [-0.3, -0.25) is 4.79 Å². The lowest BCUT2D eigenvalue weighted by Crippen LogP contribution is -2.48. The summed E-state index contributed by atoms with van der Waals surface area (Å²) in [7, 11) is -3.59. The van der Waals surface area contributed by atoms with E-state index in [2.05, 4.69) is 5.32 Å². The Bertz CT molecular complexity index is 686. The fourth-order valence-electron chi connectivity index (χ4n) is 2.57. The summed E-state index contributed by atoms with van der Waals surface area (Å²) in [6.45, 7) is 9.76. The average molecular weight is 392 g/mol. The van der Waals surface area contributed by atoms with Gasteiger partial charge in [0.1, 0.15) is 0 Å². The van der Waals surface area contributed by atoms with Crippen molar-refractivity contribution in [3.8, 4) is 0 Å². The van der Waals surface area contributed by atoms with Crippen molar-refractivity contribution >= 4 is 34.0 Å². The Morgan fingerprint density at radius 3 is 2.28 bits per heavy atom. The largest absolute Gasteiger partial charge is 0.324 e. The number of aryl methyl sites for hydroxylation is 1. The molecule has 0 aromatic heterocycles. The normalized spacial score (nSPS) is 13.9. The quantitative estimate of drug-likeness (QED) is 0.712. The molecule has 25 heavy (non-hydrogen) atoms. The Kier molecular flexibility index (Phi) is 9.08. The van der Waals surface area contributed by atoms with Crippen LogP contribution in [-0.4, -0.2) is 37.3 Å². The lowest BCUT2D eigenvalue weighted by molar-refractivity contribution is -0.120. The van der Waals surface area contributed by atoms with Crippen molar-refractivity contribution in [1.29, 1.82) is 0 Å². The van der Waals surface area contributed by atoms with Gasteiger partial charge in [-0.2, -0.15) is 4.31 Å². The number of benzene rings is 1. The minimum absolute atomic E-state index is 0. The van der Waals surface area contributed by atoms with Crippen LogP contribution in [0, 0.1) is 6.92 Å². The zero-order valence-corrected chi connectivity index (χ0v) is 17.3. The van der Waals surface area contributed by atoms with E-state index >= 15 is 0 Å². The molecule has 0 heterocycles. The third kappa shape index (κ3) is 5.67. The smallest absolute Gasteiger partial charge is 0.244 e. The first-order valence-electron chi connectivity index (χ1n) is 8.31. The average Bonchev–Trinajstić information content (AvgIpc) is 2.49. The summed E-state index contributed by atoms with van der Waals surface area (Å²) in [6.07, 6.45) is 1.34. The molecule has 0 bridgehead atoms. The first-order chi connectivity index (χ1) is 11.1. The molecule has 144 valence electrons. The number of hydrogen-bond acceptors (Lipinski definition) is 4. The third-order valence-corrected chi connectivity index (χ3v) is 6.25. The molecule has 0 saturated heterocycles. The highest BCUT2D eigenvalue weighted by Gasteiger charge is 2.28. The molecule has 1 unspecified atom stereocenters. The summed E-state index contributed by atoms with van der Waals surface area (Å²) in [5.74, 6) is -0.320. The van der Waals surface area contributed by atoms with Crippen molar-refractivity contribution in [2.24, 2.45) is 5.73 Å². The second kappa shape index (κ2) is 9.52. The van der Waals surface area contributed by atoms with E-state index in [1.54, 1.807) is 39.8 Å². The summed E-state index contributed by atoms with van der Waals surface area (Å²) in [5.41, 5.74) is 6.11. The molecule has 6 nitrogen and oxygen atoms in total. The highest BCUT2D eigenvalue weighted by atomic mass is 35.5. The maximum Gasteiger partial charge on any atom is 0.244 e. The van der Waals surface area contributed by atoms with E-state index in [1.165, 1.54) is 10.4 Å². The summed E-state index contributed by atoms with van der Waals surface area (Å²) >= 11 is 0. The lowest BCUT2D eigenvalue weighted by Gasteiger charge is -2.24. The first-order valence-corrected chi connectivity index (χ1v) is 9.75. The summed E-state index contributed by atoms with van der Waals surface area (Å²) in [5, 5.41) is 2.73. The Hall–Kier alpha value is -1.15. The van der Waals surface area contributed by atoms with Crippen molar-refractivity contribution in [1.82, 2.24) is 4.31 Å². The Morgan fingerprint density at radius 1 is 1.24 bits per heavy atom. The SMILES string of the molecule is CCCC(C)(N)C(=O)Nc1ccc(C)c(S(=O)(=O)N(CC)CC)c1.Cl. The molecule has 1 aromatic carbocycles. The molecular formula is C17H30ClN3O3S. The molecular weight excluding hydrogens is 362 g/mol. The van der Waals surface area contributed by atoms with Crippen LogP contribution in [0.25, 0.3) is 0 Å². The molecule has 0 aliphatic carbocycles. The Balaban J connectivity index is 0.00000576. The van der Waals surface area contributed by atoms with Gasteiger partial charge in [0.15, 0.2) is 0 Å². The molecule has 0 fully saturated rings. The zero-order valence-electron chi connectivity index (χ0n) is 15.6. The number of amides is 1. The second-order valence-electron chi connectivity index (χ2n) is 6.19. The number of halogens is 1. The number of sulfonamides is 1.